The molecule has 0 unspecified atom stereocenters. The number of amides is 1. The van der Waals surface area contributed by atoms with Gasteiger partial charge in [-0.1, -0.05) is 54.6 Å². The Hall–Kier alpha value is -3.66. The largest absolute Gasteiger partial charge is 0.439 e. The normalized spacial score (nSPS) is 11.4. The molecule has 0 aromatic heterocycles. The van der Waals surface area contributed by atoms with Crippen molar-refractivity contribution in [3.8, 4) is 5.75 Å². The molecule has 134 valence electrons. The zero-order valence-corrected chi connectivity index (χ0v) is 15.0. The minimum absolute atomic E-state index is 0.101. The van der Waals surface area contributed by atoms with E-state index in [2.05, 4.69) is 4.99 Å². The van der Waals surface area contributed by atoms with Crippen molar-refractivity contribution < 1.29 is 9.53 Å². The van der Waals surface area contributed by atoms with Gasteiger partial charge in [0.05, 0.1) is 5.69 Å². The van der Waals surface area contributed by atoms with Crippen molar-refractivity contribution in [2.75, 3.05) is 4.90 Å². The average Bonchev–Trinajstić information content (AvgIpc) is 2.70. The molecule has 3 aromatic carbocycles. The van der Waals surface area contributed by atoms with Crippen LogP contribution in [0, 0.1) is 0 Å². The van der Waals surface area contributed by atoms with Gasteiger partial charge in [0, 0.05) is 24.9 Å². The molecule has 0 atom stereocenters. The van der Waals surface area contributed by atoms with Crippen LogP contribution in [0.2, 0.25) is 0 Å². The Balaban J connectivity index is 1.91. The van der Waals surface area contributed by atoms with Crippen LogP contribution in [-0.2, 0) is 4.79 Å². The summed E-state index contributed by atoms with van der Waals surface area (Å²) < 4.78 is 5.91. The fourth-order valence-electron chi connectivity index (χ4n) is 2.43. The lowest BCUT2D eigenvalue weighted by atomic mass is 10.3. The first kappa shape index (κ1) is 18.1. The van der Waals surface area contributed by atoms with E-state index in [1.807, 2.05) is 91.0 Å². The van der Waals surface area contributed by atoms with Crippen LogP contribution in [0.3, 0.4) is 0 Å². The highest BCUT2D eigenvalue weighted by molar-refractivity contribution is 5.97. The van der Waals surface area contributed by atoms with Gasteiger partial charge < -0.3 is 4.74 Å². The van der Waals surface area contributed by atoms with Gasteiger partial charge in [-0.05, 0) is 36.4 Å². The lowest BCUT2D eigenvalue weighted by Gasteiger charge is -2.16. The molecular weight excluding hydrogens is 336 g/mol. The highest BCUT2D eigenvalue weighted by Gasteiger charge is 2.08. The number of hydrogen-bond donors (Lipinski definition) is 0. The van der Waals surface area contributed by atoms with Crippen LogP contribution in [0.5, 0.6) is 5.75 Å². The van der Waals surface area contributed by atoms with Gasteiger partial charge in [-0.25, -0.2) is 4.99 Å². The molecule has 4 heteroatoms. The van der Waals surface area contributed by atoms with Crippen LogP contribution < -0.4 is 9.64 Å². The summed E-state index contributed by atoms with van der Waals surface area (Å²) in [5, 5.41) is 0. The summed E-state index contributed by atoms with van der Waals surface area (Å²) in [5.74, 6) is 0.955. The molecule has 1 amide bonds. The van der Waals surface area contributed by atoms with Crippen molar-refractivity contribution in [3.05, 3.63) is 103 Å². The first-order valence-electron chi connectivity index (χ1n) is 8.62. The highest BCUT2D eigenvalue weighted by atomic mass is 16.5. The fourth-order valence-corrected chi connectivity index (χ4v) is 2.43. The van der Waals surface area contributed by atoms with Gasteiger partial charge in [-0.3, -0.25) is 9.69 Å². The zero-order valence-electron chi connectivity index (χ0n) is 15.0. The molecule has 0 saturated heterocycles. The molecule has 0 N–H and O–H groups in total. The van der Waals surface area contributed by atoms with Crippen molar-refractivity contribution in [1.82, 2.24) is 0 Å². The Morgan fingerprint density at radius 2 is 1.41 bits per heavy atom. The predicted molar refractivity (Wildman–Crippen MR) is 109 cm³/mol. The first-order valence-corrected chi connectivity index (χ1v) is 8.62. The Kier molecular flexibility index (Phi) is 6.15. The molecule has 0 heterocycles. The van der Waals surface area contributed by atoms with Crippen molar-refractivity contribution in [3.63, 3.8) is 0 Å². The van der Waals surface area contributed by atoms with Crippen molar-refractivity contribution in [2.45, 2.75) is 6.92 Å². The Bertz CT molecular complexity index is 920. The summed E-state index contributed by atoms with van der Waals surface area (Å²) in [6, 6.07) is 28.4. The number of anilines is 1. The second kappa shape index (κ2) is 9.15. The number of benzene rings is 3. The number of rotatable bonds is 5. The summed E-state index contributed by atoms with van der Waals surface area (Å²) in [4.78, 5) is 18.2. The number of nitrogens with zero attached hydrogens (tertiary/aromatic N) is 2. The standard InChI is InChI=1S/C23H20N2O2/c1-19(26)25(21-13-7-3-8-14-21)18-17-23(24-20-11-5-2-6-12-20)27-22-15-9-4-10-16-22/h2-18H,1H3. The summed E-state index contributed by atoms with van der Waals surface area (Å²) >= 11 is 0. The molecule has 3 rings (SSSR count). The van der Waals surface area contributed by atoms with Crippen molar-refractivity contribution in [1.29, 1.82) is 0 Å². The molecule has 0 saturated carbocycles. The molecule has 3 aromatic rings. The Morgan fingerprint density at radius 3 is 2.00 bits per heavy atom. The molecule has 0 radical (unpaired) electrons. The van der Waals surface area contributed by atoms with Gasteiger partial charge in [-0.15, -0.1) is 0 Å². The monoisotopic (exact) mass is 356 g/mol. The minimum Gasteiger partial charge on any atom is -0.439 e. The van der Waals surface area contributed by atoms with E-state index in [4.69, 9.17) is 4.74 Å². The Labute approximate surface area is 159 Å². The van der Waals surface area contributed by atoms with Gasteiger partial charge in [0.1, 0.15) is 5.75 Å². The number of ether oxygens (including phenoxy) is 1. The topological polar surface area (TPSA) is 41.9 Å². The maximum absolute atomic E-state index is 12.1. The molecule has 4 nitrogen and oxygen atoms in total. The summed E-state index contributed by atoms with van der Waals surface area (Å²) in [7, 11) is 0. The van der Waals surface area contributed by atoms with Crippen LogP contribution in [0.1, 0.15) is 6.92 Å². The van der Waals surface area contributed by atoms with Crippen LogP contribution in [0.4, 0.5) is 11.4 Å². The average molecular weight is 356 g/mol. The molecule has 0 spiro atoms. The summed E-state index contributed by atoms with van der Waals surface area (Å²) in [5.41, 5.74) is 1.54. The predicted octanol–water partition coefficient (Wildman–Crippen LogP) is 5.36. The highest BCUT2D eigenvalue weighted by Crippen LogP contribution is 2.17. The second-order valence-corrected chi connectivity index (χ2v) is 5.74. The molecule has 0 bridgehead atoms. The maximum atomic E-state index is 12.1. The number of aliphatic imine (C=N–C) groups is 1. The molecule has 27 heavy (non-hydrogen) atoms. The number of carbonyl (C=O) groups is 1. The lowest BCUT2D eigenvalue weighted by molar-refractivity contribution is -0.115. The zero-order chi connectivity index (χ0) is 18.9. The van der Waals surface area contributed by atoms with E-state index in [-0.39, 0.29) is 5.91 Å². The van der Waals surface area contributed by atoms with Gasteiger partial charge in [0.2, 0.25) is 11.8 Å². The van der Waals surface area contributed by atoms with Crippen molar-refractivity contribution in [2.24, 2.45) is 4.99 Å². The molecule has 0 aliphatic rings. The van der Waals surface area contributed by atoms with Crippen LogP contribution in [0.25, 0.3) is 0 Å². The van der Waals surface area contributed by atoms with Gasteiger partial charge >= 0.3 is 0 Å². The van der Waals surface area contributed by atoms with Crippen LogP contribution in [-0.4, -0.2) is 11.8 Å². The van der Waals surface area contributed by atoms with E-state index in [1.54, 1.807) is 17.2 Å². The third kappa shape index (κ3) is 5.41. The molecular formula is C23H20N2O2. The molecule has 0 aliphatic carbocycles. The van der Waals surface area contributed by atoms with Gasteiger partial charge in [-0.2, -0.15) is 0 Å². The van der Waals surface area contributed by atoms with Gasteiger partial charge in [0.15, 0.2) is 0 Å². The van der Waals surface area contributed by atoms with E-state index in [1.165, 1.54) is 6.92 Å². The summed E-state index contributed by atoms with van der Waals surface area (Å²) in [6.07, 6.45) is 3.36. The fraction of sp³-hybridized carbons (Fsp3) is 0.0435. The maximum Gasteiger partial charge on any atom is 0.227 e. The lowest BCUT2D eigenvalue weighted by Crippen LogP contribution is -2.22. The third-order valence-electron chi connectivity index (χ3n) is 3.70. The van der Waals surface area contributed by atoms with Crippen molar-refractivity contribution >= 4 is 23.2 Å². The van der Waals surface area contributed by atoms with E-state index in [9.17, 15) is 4.79 Å². The van der Waals surface area contributed by atoms with Crippen LogP contribution in [0.15, 0.2) is 108 Å². The van der Waals surface area contributed by atoms with E-state index < -0.39 is 0 Å². The van der Waals surface area contributed by atoms with E-state index in [0.717, 1.165) is 11.4 Å². The molecule has 0 fully saturated rings. The number of hydrogen-bond acceptors (Lipinski definition) is 3. The smallest absolute Gasteiger partial charge is 0.227 e. The first-order chi connectivity index (χ1) is 13.2. The number of para-hydroxylation sites is 3. The SMILES string of the molecule is CC(=O)N(C=CC(=Nc1ccccc1)Oc1ccccc1)c1ccccc1. The second-order valence-electron chi connectivity index (χ2n) is 5.74. The quantitative estimate of drug-likeness (QED) is 0.456. The van der Waals surface area contributed by atoms with Gasteiger partial charge in [0.25, 0.3) is 0 Å². The van der Waals surface area contributed by atoms with E-state index in [0.29, 0.717) is 11.6 Å². The summed E-state index contributed by atoms with van der Waals surface area (Å²) in [6.45, 7) is 1.52. The minimum atomic E-state index is -0.101. The third-order valence-corrected chi connectivity index (χ3v) is 3.70. The van der Waals surface area contributed by atoms with E-state index >= 15 is 0 Å². The Morgan fingerprint density at radius 1 is 0.852 bits per heavy atom. The number of carbonyl (C=O) groups excluding carboxylic acids is 1. The molecule has 0 aliphatic heterocycles. The van der Waals surface area contributed by atoms with Crippen LogP contribution >= 0.6 is 0 Å².